The van der Waals surface area contributed by atoms with Crippen LogP contribution in [-0.4, -0.2) is 15.4 Å². The van der Waals surface area contributed by atoms with E-state index in [0.717, 1.165) is 35.7 Å². The Bertz CT molecular complexity index is 683. The number of rotatable bonds is 4. The van der Waals surface area contributed by atoms with Crippen LogP contribution in [0, 0.1) is 23.2 Å². The molecule has 2 unspecified atom stereocenters. The fourth-order valence-corrected chi connectivity index (χ4v) is 3.62. The van der Waals surface area contributed by atoms with Crippen molar-refractivity contribution >= 4 is 22.6 Å². The highest BCUT2D eigenvalue weighted by Gasteiger charge is 2.25. The van der Waals surface area contributed by atoms with E-state index in [1.54, 1.807) is 0 Å². The zero-order chi connectivity index (χ0) is 14.8. The monoisotopic (exact) mass is 301 g/mol. The third-order valence-electron chi connectivity index (χ3n) is 4.73. The Hall–Kier alpha value is -1.53. The van der Waals surface area contributed by atoms with Gasteiger partial charge in [0.25, 0.3) is 0 Å². The maximum atomic E-state index is 9.12. The lowest BCUT2D eigenvalue weighted by Crippen LogP contribution is -2.15. The van der Waals surface area contributed by atoms with Crippen molar-refractivity contribution in [1.82, 2.24) is 9.55 Å². The number of fused-ring (bicyclic) bond motifs is 1. The number of halogens is 1. The summed E-state index contributed by atoms with van der Waals surface area (Å²) < 4.78 is 2.30. The van der Waals surface area contributed by atoms with Crippen LogP contribution in [0.25, 0.3) is 11.0 Å². The zero-order valence-electron chi connectivity index (χ0n) is 12.3. The van der Waals surface area contributed by atoms with Crippen LogP contribution in [0.5, 0.6) is 0 Å². The molecule has 0 bridgehead atoms. The number of alkyl halides is 1. The largest absolute Gasteiger partial charge is 0.328 e. The molecule has 2 aromatic rings. The number of benzene rings is 1. The minimum Gasteiger partial charge on any atom is -0.328 e. The van der Waals surface area contributed by atoms with Gasteiger partial charge in [0.05, 0.1) is 22.7 Å². The molecule has 2 atom stereocenters. The third kappa shape index (κ3) is 2.78. The Labute approximate surface area is 130 Å². The predicted molar refractivity (Wildman–Crippen MR) is 85.4 cm³/mol. The van der Waals surface area contributed by atoms with Gasteiger partial charge in [-0.2, -0.15) is 5.26 Å². The number of hydrogen-bond acceptors (Lipinski definition) is 2. The van der Waals surface area contributed by atoms with Crippen molar-refractivity contribution in [2.75, 3.05) is 5.88 Å². The number of hydrogen-bond donors (Lipinski definition) is 0. The maximum absolute atomic E-state index is 9.12. The van der Waals surface area contributed by atoms with Gasteiger partial charge < -0.3 is 4.57 Å². The lowest BCUT2D eigenvalue weighted by atomic mass is 9.98. The summed E-state index contributed by atoms with van der Waals surface area (Å²) in [5, 5.41) is 9.12. The Balaban J connectivity index is 2.03. The third-order valence-corrected chi connectivity index (χ3v) is 4.92. The van der Waals surface area contributed by atoms with Crippen molar-refractivity contribution in [2.24, 2.45) is 11.8 Å². The van der Waals surface area contributed by atoms with E-state index in [4.69, 9.17) is 21.8 Å². The Morgan fingerprint density at radius 2 is 2.29 bits per heavy atom. The molecule has 3 rings (SSSR count). The van der Waals surface area contributed by atoms with Gasteiger partial charge in [0.1, 0.15) is 5.82 Å². The summed E-state index contributed by atoms with van der Waals surface area (Å²) in [4.78, 5) is 4.71. The van der Waals surface area contributed by atoms with Gasteiger partial charge in [-0.25, -0.2) is 4.98 Å². The van der Waals surface area contributed by atoms with Crippen LogP contribution < -0.4 is 0 Å². The van der Waals surface area contributed by atoms with Crippen LogP contribution in [-0.2, 0) is 13.0 Å². The summed E-state index contributed by atoms with van der Waals surface area (Å²) in [7, 11) is 0. The highest BCUT2D eigenvalue weighted by Crippen LogP contribution is 2.33. The van der Waals surface area contributed by atoms with Crippen LogP contribution >= 0.6 is 11.6 Å². The van der Waals surface area contributed by atoms with Crippen LogP contribution in [0.4, 0.5) is 0 Å². The molecular formula is C17H20ClN3. The fraction of sp³-hybridized carbons (Fsp3) is 0.529. The average molecular weight is 302 g/mol. The van der Waals surface area contributed by atoms with Crippen molar-refractivity contribution < 1.29 is 0 Å². The fourth-order valence-electron chi connectivity index (χ4n) is 3.45. The molecule has 0 radical (unpaired) electrons. The topological polar surface area (TPSA) is 41.6 Å². The van der Waals surface area contributed by atoms with Gasteiger partial charge in [-0.05, 0) is 36.5 Å². The van der Waals surface area contributed by atoms with Crippen molar-refractivity contribution in [3.05, 3.63) is 29.6 Å². The average Bonchev–Trinajstić information content (AvgIpc) is 3.04. The first-order valence-electron chi connectivity index (χ1n) is 7.68. The van der Waals surface area contributed by atoms with Gasteiger partial charge >= 0.3 is 0 Å². The first kappa shape index (κ1) is 14.4. The quantitative estimate of drug-likeness (QED) is 0.797. The molecule has 1 fully saturated rings. The lowest BCUT2D eigenvalue weighted by molar-refractivity contribution is 0.363. The normalized spacial score (nSPS) is 21.8. The van der Waals surface area contributed by atoms with Crippen LogP contribution in [0.2, 0.25) is 0 Å². The summed E-state index contributed by atoms with van der Waals surface area (Å²) in [6.45, 7) is 3.34. The van der Waals surface area contributed by atoms with Crippen molar-refractivity contribution in [3.8, 4) is 6.07 Å². The maximum Gasteiger partial charge on any atom is 0.111 e. The molecule has 21 heavy (non-hydrogen) atoms. The molecule has 110 valence electrons. The number of aromatic nitrogens is 2. The Morgan fingerprint density at radius 1 is 1.43 bits per heavy atom. The molecule has 0 saturated heterocycles. The summed E-state index contributed by atoms with van der Waals surface area (Å²) in [5.41, 5.74) is 2.74. The van der Waals surface area contributed by atoms with E-state index in [0.29, 0.717) is 17.4 Å². The van der Waals surface area contributed by atoms with E-state index in [-0.39, 0.29) is 0 Å². The molecule has 1 saturated carbocycles. The van der Waals surface area contributed by atoms with Gasteiger partial charge in [-0.3, -0.25) is 0 Å². The Morgan fingerprint density at radius 3 is 2.95 bits per heavy atom. The summed E-state index contributed by atoms with van der Waals surface area (Å²) in [6.07, 6.45) is 4.72. The smallest absolute Gasteiger partial charge is 0.111 e. The van der Waals surface area contributed by atoms with E-state index in [1.165, 1.54) is 19.3 Å². The van der Waals surface area contributed by atoms with Crippen molar-refractivity contribution in [3.63, 3.8) is 0 Å². The molecule has 0 spiro atoms. The standard InChI is InChI=1S/C17H20ClN3/c1-12-3-2-4-14(12)11-21-16-9-13(10-19)5-6-15(16)20-17(21)7-8-18/h5-6,9,12,14H,2-4,7-8,11H2,1H3. The highest BCUT2D eigenvalue weighted by molar-refractivity contribution is 6.17. The van der Waals surface area contributed by atoms with Gasteiger partial charge in [0.2, 0.25) is 0 Å². The SMILES string of the molecule is CC1CCCC1Cn1c(CCCl)nc2ccc(C#N)cc21. The second-order valence-electron chi connectivity index (χ2n) is 6.06. The molecule has 1 aromatic carbocycles. The van der Waals surface area contributed by atoms with Crippen LogP contribution in [0.15, 0.2) is 18.2 Å². The zero-order valence-corrected chi connectivity index (χ0v) is 13.1. The first-order chi connectivity index (χ1) is 10.2. The lowest BCUT2D eigenvalue weighted by Gasteiger charge is -2.18. The van der Waals surface area contributed by atoms with Crippen molar-refractivity contribution in [2.45, 2.75) is 39.2 Å². The number of nitriles is 1. The molecule has 0 amide bonds. The number of imidazole rings is 1. The first-order valence-corrected chi connectivity index (χ1v) is 8.21. The Kier molecular flexibility index (Phi) is 4.17. The molecule has 1 aromatic heterocycles. The second kappa shape index (κ2) is 6.07. The summed E-state index contributed by atoms with van der Waals surface area (Å²) in [6, 6.07) is 7.96. The summed E-state index contributed by atoms with van der Waals surface area (Å²) >= 11 is 5.93. The molecule has 1 aliphatic carbocycles. The van der Waals surface area contributed by atoms with E-state index >= 15 is 0 Å². The minimum absolute atomic E-state index is 0.578. The van der Waals surface area contributed by atoms with Crippen LogP contribution in [0.1, 0.15) is 37.6 Å². The van der Waals surface area contributed by atoms with E-state index < -0.39 is 0 Å². The van der Waals surface area contributed by atoms with Gasteiger partial charge in [0, 0.05) is 18.8 Å². The molecular weight excluding hydrogens is 282 g/mol. The van der Waals surface area contributed by atoms with E-state index in [9.17, 15) is 0 Å². The van der Waals surface area contributed by atoms with E-state index in [2.05, 4.69) is 17.6 Å². The van der Waals surface area contributed by atoms with E-state index in [1.807, 2.05) is 18.2 Å². The molecule has 0 N–H and O–H groups in total. The highest BCUT2D eigenvalue weighted by atomic mass is 35.5. The van der Waals surface area contributed by atoms with Gasteiger partial charge in [-0.1, -0.05) is 19.8 Å². The minimum atomic E-state index is 0.578. The molecule has 4 heteroatoms. The summed E-state index contributed by atoms with van der Waals surface area (Å²) in [5.74, 6) is 3.11. The second-order valence-corrected chi connectivity index (χ2v) is 6.44. The number of aryl methyl sites for hydroxylation is 1. The predicted octanol–water partition coefficient (Wildman–Crippen LogP) is 4.13. The molecule has 3 nitrogen and oxygen atoms in total. The van der Waals surface area contributed by atoms with Crippen LogP contribution in [0.3, 0.4) is 0 Å². The molecule has 0 aliphatic heterocycles. The number of nitrogens with zero attached hydrogens (tertiary/aromatic N) is 3. The van der Waals surface area contributed by atoms with Crippen molar-refractivity contribution in [1.29, 1.82) is 5.26 Å². The van der Waals surface area contributed by atoms with Gasteiger partial charge in [0.15, 0.2) is 0 Å². The molecule has 1 aliphatic rings. The molecule has 1 heterocycles. The van der Waals surface area contributed by atoms with Gasteiger partial charge in [-0.15, -0.1) is 11.6 Å².